The van der Waals surface area contributed by atoms with E-state index < -0.39 is 0 Å². The molecule has 138 valence electrons. The van der Waals surface area contributed by atoms with Gasteiger partial charge in [-0.2, -0.15) is 0 Å². The van der Waals surface area contributed by atoms with Crippen LogP contribution in [0.5, 0.6) is 0 Å². The van der Waals surface area contributed by atoms with Crippen molar-refractivity contribution in [3.8, 4) is 0 Å². The second kappa shape index (κ2) is 9.56. The molecule has 1 fully saturated rings. The van der Waals surface area contributed by atoms with Gasteiger partial charge in [0, 0.05) is 33.9 Å². The number of hydrogen-bond acceptors (Lipinski definition) is 3. The fourth-order valence-corrected chi connectivity index (χ4v) is 3.35. The number of carbonyl (C=O) groups is 2. The van der Waals surface area contributed by atoms with Crippen LogP contribution >= 0.6 is 0 Å². The molecule has 1 aromatic rings. The molecule has 1 atom stereocenters. The minimum Gasteiger partial charge on any atom is -0.385 e. The Balaban J connectivity index is 1.81. The number of benzene rings is 1. The predicted molar refractivity (Wildman–Crippen MR) is 98.3 cm³/mol. The number of hydrogen-bond donors (Lipinski definition) is 0. The zero-order valence-electron chi connectivity index (χ0n) is 15.6. The lowest BCUT2D eigenvalue weighted by molar-refractivity contribution is -0.140. The summed E-state index contributed by atoms with van der Waals surface area (Å²) in [6.45, 7) is 4.39. The van der Waals surface area contributed by atoms with Crippen molar-refractivity contribution in [1.29, 1.82) is 0 Å². The Morgan fingerprint density at radius 2 is 1.88 bits per heavy atom. The van der Waals surface area contributed by atoms with E-state index in [1.807, 2.05) is 42.2 Å². The number of likely N-dealkylation sites (tertiary alicyclic amines) is 1. The summed E-state index contributed by atoms with van der Waals surface area (Å²) in [6, 6.07) is 9.69. The highest BCUT2D eigenvalue weighted by molar-refractivity contribution is 5.88. The van der Waals surface area contributed by atoms with Crippen molar-refractivity contribution in [2.45, 2.75) is 32.1 Å². The molecule has 5 heteroatoms. The fourth-order valence-electron chi connectivity index (χ4n) is 3.35. The predicted octanol–water partition coefficient (Wildman–Crippen LogP) is 2.52. The van der Waals surface area contributed by atoms with E-state index in [1.165, 1.54) is 0 Å². The highest BCUT2D eigenvalue weighted by Gasteiger charge is 2.26. The van der Waals surface area contributed by atoms with Crippen LogP contribution in [0.15, 0.2) is 30.3 Å². The van der Waals surface area contributed by atoms with Crippen LogP contribution in [0.3, 0.4) is 0 Å². The molecule has 0 spiro atoms. The summed E-state index contributed by atoms with van der Waals surface area (Å²) in [5.74, 6) is 0.427. The van der Waals surface area contributed by atoms with Crippen LogP contribution < -0.4 is 0 Å². The Labute approximate surface area is 150 Å². The number of nitrogens with zero attached hydrogens (tertiary/aromatic N) is 2. The molecule has 1 aliphatic rings. The van der Waals surface area contributed by atoms with Crippen molar-refractivity contribution >= 4 is 11.8 Å². The molecule has 1 aliphatic heterocycles. The van der Waals surface area contributed by atoms with Gasteiger partial charge in [0.2, 0.25) is 11.8 Å². The summed E-state index contributed by atoms with van der Waals surface area (Å²) in [6.07, 6.45) is 3.10. The first-order valence-corrected chi connectivity index (χ1v) is 9.09. The minimum absolute atomic E-state index is 0.0190. The molecule has 0 aromatic heterocycles. The third kappa shape index (κ3) is 5.56. The molecule has 1 aromatic carbocycles. The lowest BCUT2D eigenvalue weighted by Crippen LogP contribution is -2.45. The van der Waals surface area contributed by atoms with Crippen LogP contribution in [0.2, 0.25) is 0 Å². The second-order valence-corrected chi connectivity index (χ2v) is 6.93. The molecule has 0 radical (unpaired) electrons. The molecular weight excluding hydrogens is 316 g/mol. The Bertz CT molecular complexity index is 553. The summed E-state index contributed by atoms with van der Waals surface area (Å²) in [7, 11) is 3.44. The van der Waals surface area contributed by atoms with E-state index in [9.17, 15) is 9.59 Å². The Kier molecular flexibility index (Phi) is 7.44. The third-order valence-corrected chi connectivity index (χ3v) is 5.12. The van der Waals surface area contributed by atoms with Gasteiger partial charge >= 0.3 is 0 Å². The van der Waals surface area contributed by atoms with E-state index in [1.54, 1.807) is 19.1 Å². The molecule has 25 heavy (non-hydrogen) atoms. The van der Waals surface area contributed by atoms with Gasteiger partial charge in [0.05, 0.1) is 12.5 Å². The highest BCUT2D eigenvalue weighted by Crippen LogP contribution is 2.21. The topological polar surface area (TPSA) is 49.9 Å². The van der Waals surface area contributed by atoms with Gasteiger partial charge in [0.15, 0.2) is 0 Å². The molecule has 0 bridgehead atoms. The van der Waals surface area contributed by atoms with E-state index in [0.717, 1.165) is 44.5 Å². The minimum atomic E-state index is -0.237. The van der Waals surface area contributed by atoms with Crippen LogP contribution in [0.4, 0.5) is 0 Å². The Hall–Kier alpha value is -1.88. The molecule has 2 rings (SSSR count). The zero-order valence-corrected chi connectivity index (χ0v) is 15.6. The van der Waals surface area contributed by atoms with Crippen LogP contribution in [0.25, 0.3) is 0 Å². The van der Waals surface area contributed by atoms with E-state index >= 15 is 0 Å². The van der Waals surface area contributed by atoms with Crippen LogP contribution in [0.1, 0.15) is 37.7 Å². The largest absolute Gasteiger partial charge is 0.385 e. The summed E-state index contributed by atoms with van der Waals surface area (Å²) in [5.41, 5.74) is 0.978. The van der Waals surface area contributed by atoms with E-state index in [2.05, 4.69) is 0 Å². The first-order valence-electron chi connectivity index (χ1n) is 9.09. The number of methoxy groups -OCH3 is 1. The van der Waals surface area contributed by atoms with Crippen molar-refractivity contribution in [2.24, 2.45) is 5.92 Å². The van der Waals surface area contributed by atoms with Gasteiger partial charge in [0.1, 0.15) is 0 Å². The zero-order chi connectivity index (χ0) is 18.2. The number of rotatable bonds is 7. The maximum absolute atomic E-state index is 12.6. The van der Waals surface area contributed by atoms with E-state index in [4.69, 9.17) is 4.74 Å². The standard InChI is InChI=1S/C20H30N2O3/c1-16(18-7-5-4-6-8-18)20(24)21(2)15-19(23)22-12-9-17(10-13-22)11-14-25-3/h4-8,16-17H,9-15H2,1-3H3/t16-/m0/s1. The maximum atomic E-state index is 12.6. The quantitative estimate of drug-likeness (QED) is 0.762. The summed E-state index contributed by atoms with van der Waals surface area (Å²) >= 11 is 0. The first-order chi connectivity index (χ1) is 12.0. The van der Waals surface area contributed by atoms with Crippen molar-refractivity contribution in [3.63, 3.8) is 0 Å². The normalized spacial score (nSPS) is 16.5. The summed E-state index contributed by atoms with van der Waals surface area (Å²) in [5, 5.41) is 0. The van der Waals surface area contributed by atoms with Crippen molar-refractivity contribution < 1.29 is 14.3 Å². The molecule has 0 aliphatic carbocycles. The second-order valence-electron chi connectivity index (χ2n) is 6.93. The third-order valence-electron chi connectivity index (χ3n) is 5.12. The number of carbonyl (C=O) groups excluding carboxylic acids is 2. The SMILES string of the molecule is COCCC1CCN(C(=O)CN(C)C(=O)[C@@H](C)c2ccccc2)CC1. The van der Waals surface area contributed by atoms with Crippen LogP contribution in [-0.4, -0.2) is 62.0 Å². The maximum Gasteiger partial charge on any atom is 0.242 e. The molecule has 1 heterocycles. The Morgan fingerprint density at radius 3 is 2.48 bits per heavy atom. The van der Waals surface area contributed by atoms with E-state index in [-0.39, 0.29) is 24.3 Å². The molecular formula is C20H30N2O3. The summed E-state index contributed by atoms with van der Waals surface area (Å²) < 4.78 is 5.13. The van der Waals surface area contributed by atoms with Gasteiger partial charge in [-0.3, -0.25) is 9.59 Å². The fraction of sp³-hybridized carbons (Fsp3) is 0.600. The van der Waals surface area contributed by atoms with Gasteiger partial charge in [-0.05, 0) is 37.7 Å². The van der Waals surface area contributed by atoms with Crippen molar-refractivity contribution in [3.05, 3.63) is 35.9 Å². The van der Waals surface area contributed by atoms with Crippen LogP contribution in [0, 0.1) is 5.92 Å². The van der Waals surface area contributed by atoms with Gasteiger partial charge < -0.3 is 14.5 Å². The lowest BCUT2D eigenvalue weighted by atomic mass is 9.94. The van der Waals surface area contributed by atoms with Gasteiger partial charge in [-0.25, -0.2) is 0 Å². The molecule has 2 amide bonds. The first kappa shape index (κ1) is 19.4. The van der Waals surface area contributed by atoms with Crippen molar-refractivity contribution in [1.82, 2.24) is 9.80 Å². The average Bonchev–Trinajstić information content (AvgIpc) is 2.66. The molecule has 0 saturated carbocycles. The van der Waals surface area contributed by atoms with E-state index in [0.29, 0.717) is 5.92 Å². The monoisotopic (exact) mass is 346 g/mol. The number of piperidine rings is 1. The summed E-state index contributed by atoms with van der Waals surface area (Å²) in [4.78, 5) is 28.5. The molecule has 5 nitrogen and oxygen atoms in total. The van der Waals surface area contributed by atoms with Crippen LogP contribution in [-0.2, 0) is 14.3 Å². The smallest absolute Gasteiger partial charge is 0.242 e. The van der Waals surface area contributed by atoms with Crippen molar-refractivity contribution in [2.75, 3.05) is 40.4 Å². The lowest BCUT2D eigenvalue weighted by Gasteiger charge is -2.33. The molecule has 0 N–H and O–H groups in total. The Morgan fingerprint density at radius 1 is 1.24 bits per heavy atom. The van der Waals surface area contributed by atoms with Gasteiger partial charge in [0.25, 0.3) is 0 Å². The number of ether oxygens (including phenoxy) is 1. The number of likely N-dealkylation sites (N-methyl/N-ethyl adjacent to an activating group) is 1. The molecule has 0 unspecified atom stereocenters. The highest BCUT2D eigenvalue weighted by atomic mass is 16.5. The average molecular weight is 346 g/mol. The van der Waals surface area contributed by atoms with Gasteiger partial charge in [-0.15, -0.1) is 0 Å². The van der Waals surface area contributed by atoms with Gasteiger partial charge in [-0.1, -0.05) is 30.3 Å². The molecule has 1 saturated heterocycles. The number of amides is 2.